The van der Waals surface area contributed by atoms with Gasteiger partial charge < -0.3 is 10.2 Å². The number of carbonyl (C=O) groups excluding carboxylic acids is 2. The van der Waals surface area contributed by atoms with Crippen LogP contribution in [-0.4, -0.2) is 18.4 Å². The largest absolute Gasteiger partial charge is 0.325 e. The van der Waals surface area contributed by atoms with Crippen molar-refractivity contribution in [3.63, 3.8) is 0 Å². The third kappa shape index (κ3) is 3.50. The molecule has 0 bridgehead atoms. The zero-order chi connectivity index (χ0) is 19.0. The summed E-state index contributed by atoms with van der Waals surface area (Å²) < 4.78 is 0. The molecule has 1 atom stereocenters. The molecule has 26 heavy (non-hydrogen) atoms. The standard InChI is InChI=1S/C22H26N2O2/c1-13-6-7-19(15(3)8-13)24-12-18(11-20(24)25)22(26)23-21-16(4)9-14(2)10-17(21)5/h6-10,18H,11-12H2,1-5H3,(H,23,26). The van der Waals surface area contributed by atoms with Crippen molar-refractivity contribution in [2.24, 2.45) is 5.92 Å². The second kappa shape index (κ2) is 6.94. The molecule has 2 aromatic carbocycles. The summed E-state index contributed by atoms with van der Waals surface area (Å²) in [4.78, 5) is 27.0. The van der Waals surface area contributed by atoms with E-state index in [1.54, 1.807) is 4.90 Å². The maximum absolute atomic E-state index is 12.8. The number of amides is 2. The van der Waals surface area contributed by atoms with Crippen LogP contribution in [0.4, 0.5) is 11.4 Å². The van der Waals surface area contributed by atoms with Crippen LogP contribution >= 0.6 is 0 Å². The van der Waals surface area contributed by atoms with Gasteiger partial charge in [-0.3, -0.25) is 9.59 Å². The molecule has 4 nitrogen and oxygen atoms in total. The number of aryl methyl sites for hydroxylation is 5. The van der Waals surface area contributed by atoms with Crippen LogP contribution in [0, 0.1) is 40.5 Å². The molecular formula is C22H26N2O2. The number of carbonyl (C=O) groups is 2. The van der Waals surface area contributed by atoms with E-state index < -0.39 is 0 Å². The quantitative estimate of drug-likeness (QED) is 0.901. The summed E-state index contributed by atoms with van der Waals surface area (Å²) in [7, 11) is 0. The Kier molecular flexibility index (Phi) is 4.86. The van der Waals surface area contributed by atoms with Gasteiger partial charge in [-0.05, 0) is 57.4 Å². The van der Waals surface area contributed by atoms with Gasteiger partial charge in [0.2, 0.25) is 11.8 Å². The molecule has 1 N–H and O–H groups in total. The number of nitrogens with zero attached hydrogens (tertiary/aromatic N) is 1. The van der Waals surface area contributed by atoms with E-state index in [9.17, 15) is 9.59 Å². The lowest BCUT2D eigenvalue weighted by molar-refractivity contribution is -0.122. The van der Waals surface area contributed by atoms with E-state index in [0.717, 1.165) is 33.6 Å². The van der Waals surface area contributed by atoms with E-state index in [-0.39, 0.29) is 24.2 Å². The molecule has 4 heteroatoms. The first-order valence-electron chi connectivity index (χ1n) is 9.02. The Morgan fingerprint density at radius 3 is 2.19 bits per heavy atom. The molecule has 1 unspecified atom stereocenters. The Morgan fingerprint density at radius 2 is 1.58 bits per heavy atom. The zero-order valence-corrected chi connectivity index (χ0v) is 16.1. The fourth-order valence-electron chi connectivity index (χ4n) is 3.83. The van der Waals surface area contributed by atoms with Crippen LogP contribution in [0.3, 0.4) is 0 Å². The van der Waals surface area contributed by atoms with Crippen LogP contribution in [-0.2, 0) is 9.59 Å². The SMILES string of the molecule is Cc1ccc(N2CC(C(=O)Nc3c(C)cc(C)cc3C)CC2=O)c(C)c1. The van der Waals surface area contributed by atoms with Crippen molar-refractivity contribution in [3.05, 3.63) is 58.1 Å². The number of rotatable bonds is 3. The van der Waals surface area contributed by atoms with Gasteiger partial charge in [0.05, 0.1) is 5.92 Å². The van der Waals surface area contributed by atoms with Crippen molar-refractivity contribution in [2.45, 2.75) is 41.0 Å². The summed E-state index contributed by atoms with van der Waals surface area (Å²) in [5.74, 6) is -0.404. The molecule has 1 aliphatic heterocycles. The molecule has 3 rings (SSSR count). The lowest BCUT2D eigenvalue weighted by Crippen LogP contribution is -2.29. The number of nitrogens with one attached hydrogen (secondary N) is 1. The van der Waals surface area contributed by atoms with Crippen molar-refractivity contribution in [1.29, 1.82) is 0 Å². The maximum Gasteiger partial charge on any atom is 0.229 e. The fourth-order valence-corrected chi connectivity index (χ4v) is 3.83. The van der Waals surface area contributed by atoms with Crippen LogP contribution in [0.25, 0.3) is 0 Å². The molecule has 0 aliphatic carbocycles. The van der Waals surface area contributed by atoms with E-state index in [0.29, 0.717) is 6.54 Å². The van der Waals surface area contributed by atoms with Gasteiger partial charge in [0.15, 0.2) is 0 Å². The van der Waals surface area contributed by atoms with E-state index in [4.69, 9.17) is 0 Å². The monoisotopic (exact) mass is 350 g/mol. The van der Waals surface area contributed by atoms with Crippen LogP contribution in [0.2, 0.25) is 0 Å². The molecule has 2 aromatic rings. The zero-order valence-electron chi connectivity index (χ0n) is 16.1. The van der Waals surface area contributed by atoms with E-state index in [1.165, 1.54) is 5.56 Å². The Balaban J connectivity index is 1.77. The predicted octanol–water partition coefficient (Wildman–Crippen LogP) is 4.22. The van der Waals surface area contributed by atoms with Gasteiger partial charge in [0, 0.05) is 24.3 Å². The number of hydrogen-bond donors (Lipinski definition) is 1. The molecule has 136 valence electrons. The van der Waals surface area contributed by atoms with Crippen molar-refractivity contribution in [1.82, 2.24) is 0 Å². The second-order valence-corrected chi connectivity index (χ2v) is 7.46. The first kappa shape index (κ1) is 18.2. The minimum absolute atomic E-state index is 0.00875. The Bertz CT molecular complexity index is 863. The predicted molar refractivity (Wildman–Crippen MR) is 106 cm³/mol. The fraction of sp³-hybridized carbons (Fsp3) is 0.364. The van der Waals surface area contributed by atoms with Crippen molar-refractivity contribution < 1.29 is 9.59 Å². The van der Waals surface area contributed by atoms with Gasteiger partial charge in [-0.2, -0.15) is 0 Å². The smallest absolute Gasteiger partial charge is 0.229 e. The first-order valence-corrected chi connectivity index (χ1v) is 9.02. The third-order valence-electron chi connectivity index (χ3n) is 5.06. The van der Waals surface area contributed by atoms with Gasteiger partial charge in [0.1, 0.15) is 0 Å². The van der Waals surface area contributed by atoms with Crippen LogP contribution in [0.15, 0.2) is 30.3 Å². The summed E-state index contributed by atoms with van der Waals surface area (Å²) in [6.45, 7) is 10.5. The molecule has 1 fully saturated rings. The van der Waals surface area contributed by atoms with Crippen LogP contribution in [0.5, 0.6) is 0 Å². The highest BCUT2D eigenvalue weighted by atomic mass is 16.2. The molecule has 1 saturated heterocycles. The minimum Gasteiger partial charge on any atom is -0.325 e. The van der Waals surface area contributed by atoms with Gasteiger partial charge in [-0.1, -0.05) is 35.4 Å². The van der Waals surface area contributed by atoms with Crippen molar-refractivity contribution in [2.75, 3.05) is 16.8 Å². The molecule has 2 amide bonds. The summed E-state index contributed by atoms with van der Waals surface area (Å²) in [6.07, 6.45) is 0.253. The Hall–Kier alpha value is -2.62. The van der Waals surface area contributed by atoms with Crippen LogP contribution in [0.1, 0.15) is 34.2 Å². The third-order valence-corrected chi connectivity index (χ3v) is 5.06. The highest BCUT2D eigenvalue weighted by Gasteiger charge is 2.35. The number of anilines is 2. The summed E-state index contributed by atoms with van der Waals surface area (Å²) in [6, 6.07) is 10.2. The Morgan fingerprint density at radius 1 is 0.962 bits per heavy atom. The number of hydrogen-bond acceptors (Lipinski definition) is 2. The van der Waals surface area contributed by atoms with E-state index >= 15 is 0 Å². The molecular weight excluding hydrogens is 324 g/mol. The van der Waals surface area contributed by atoms with Crippen molar-refractivity contribution >= 4 is 23.2 Å². The highest BCUT2D eigenvalue weighted by molar-refractivity contribution is 6.04. The van der Waals surface area contributed by atoms with E-state index in [2.05, 4.69) is 23.5 Å². The van der Waals surface area contributed by atoms with Gasteiger partial charge in [-0.25, -0.2) is 0 Å². The van der Waals surface area contributed by atoms with Gasteiger partial charge in [0.25, 0.3) is 0 Å². The topological polar surface area (TPSA) is 49.4 Å². The van der Waals surface area contributed by atoms with Crippen molar-refractivity contribution in [3.8, 4) is 0 Å². The molecule has 0 aromatic heterocycles. The average Bonchev–Trinajstić information content (AvgIpc) is 2.92. The first-order chi connectivity index (χ1) is 12.3. The van der Waals surface area contributed by atoms with Crippen LogP contribution < -0.4 is 10.2 Å². The molecule has 1 heterocycles. The lowest BCUT2D eigenvalue weighted by atomic mass is 10.0. The maximum atomic E-state index is 12.8. The molecule has 0 spiro atoms. The summed E-state index contributed by atoms with van der Waals surface area (Å²) in [5, 5.41) is 3.05. The Labute approximate surface area is 155 Å². The number of benzene rings is 2. The lowest BCUT2D eigenvalue weighted by Gasteiger charge is -2.20. The van der Waals surface area contributed by atoms with Gasteiger partial charge >= 0.3 is 0 Å². The molecule has 1 aliphatic rings. The molecule has 0 radical (unpaired) electrons. The van der Waals surface area contributed by atoms with E-state index in [1.807, 2.05) is 46.8 Å². The second-order valence-electron chi connectivity index (χ2n) is 7.46. The summed E-state index contributed by atoms with van der Waals surface area (Å²) in [5.41, 5.74) is 7.26. The average molecular weight is 350 g/mol. The normalized spacial score (nSPS) is 16.9. The minimum atomic E-state index is -0.330. The van der Waals surface area contributed by atoms with Gasteiger partial charge in [-0.15, -0.1) is 0 Å². The summed E-state index contributed by atoms with van der Waals surface area (Å²) >= 11 is 0. The highest BCUT2D eigenvalue weighted by Crippen LogP contribution is 2.30. The molecule has 0 saturated carbocycles.